The number of rotatable bonds is 1. The summed E-state index contributed by atoms with van der Waals surface area (Å²) in [6.07, 6.45) is 11.1. The maximum absolute atomic E-state index is 11.1. The van der Waals surface area contributed by atoms with E-state index in [0.29, 0.717) is 11.8 Å². The fourth-order valence-corrected chi connectivity index (χ4v) is 4.06. The van der Waals surface area contributed by atoms with Gasteiger partial charge >= 0.3 is 0 Å². The van der Waals surface area contributed by atoms with Gasteiger partial charge in [0, 0.05) is 5.92 Å². The van der Waals surface area contributed by atoms with Crippen molar-refractivity contribution in [3.8, 4) is 0 Å². The average molecular weight is 176 g/mol. The van der Waals surface area contributed by atoms with Crippen molar-refractivity contribution in [2.24, 2.45) is 29.6 Å². The molecular formula is C12H16O. The van der Waals surface area contributed by atoms with Crippen molar-refractivity contribution in [3.63, 3.8) is 0 Å². The third-order valence-electron chi connectivity index (χ3n) is 4.53. The van der Waals surface area contributed by atoms with Crippen molar-refractivity contribution >= 4 is 6.29 Å². The Hall–Kier alpha value is -0.590. The number of hydrogen-bond acceptors (Lipinski definition) is 1. The molecule has 0 aliphatic heterocycles. The van der Waals surface area contributed by atoms with E-state index in [-0.39, 0.29) is 0 Å². The lowest BCUT2D eigenvalue weighted by Gasteiger charge is -2.16. The second kappa shape index (κ2) is 2.70. The van der Waals surface area contributed by atoms with E-state index < -0.39 is 0 Å². The number of aldehydes is 1. The van der Waals surface area contributed by atoms with Gasteiger partial charge in [0.05, 0.1) is 0 Å². The quantitative estimate of drug-likeness (QED) is 0.443. The summed E-state index contributed by atoms with van der Waals surface area (Å²) in [7, 11) is 0. The highest BCUT2D eigenvalue weighted by Crippen LogP contribution is 2.56. The predicted molar refractivity (Wildman–Crippen MR) is 51.1 cm³/mol. The Bertz CT molecular complexity index is 252. The van der Waals surface area contributed by atoms with Crippen LogP contribution < -0.4 is 0 Å². The van der Waals surface area contributed by atoms with E-state index in [9.17, 15) is 4.79 Å². The van der Waals surface area contributed by atoms with E-state index in [1.807, 2.05) is 0 Å². The molecule has 2 fully saturated rings. The maximum atomic E-state index is 11.1. The summed E-state index contributed by atoms with van der Waals surface area (Å²) in [5, 5.41) is 0. The lowest BCUT2D eigenvalue weighted by molar-refractivity contribution is -0.113. The molecule has 3 unspecified atom stereocenters. The van der Waals surface area contributed by atoms with Crippen molar-refractivity contribution in [3.05, 3.63) is 12.2 Å². The molecule has 0 amide bonds. The van der Waals surface area contributed by atoms with E-state index in [1.54, 1.807) is 0 Å². The van der Waals surface area contributed by atoms with Gasteiger partial charge in [0.2, 0.25) is 0 Å². The smallest absolute Gasteiger partial charge is 0.123 e. The Labute approximate surface area is 79.2 Å². The Morgan fingerprint density at radius 2 is 2.00 bits per heavy atom. The van der Waals surface area contributed by atoms with Crippen LogP contribution in [0, 0.1) is 29.6 Å². The molecule has 1 heteroatoms. The third kappa shape index (κ3) is 0.905. The SMILES string of the molecule is O=CC1C2CCCC2[C@H]2C=CC[C@@H]12. The van der Waals surface area contributed by atoms with Gasteiger partial charge in [-0.2, -0.15) is 0 Å². The first-order chi connectivity index (χ1) is 6.42. The van der Waals surface area contributed by atoms with E-state index in [1.165, 1.54) is 32.0 Å². The summed E-state index contributed by atoms with van der Waals surface area (Å²) < 4.78 is 0. The molecule has 5 atom stereocenters. The summed E-state index contributed by atoms with van der Waals surface area (Å²) in [5.74, 6) is 3.46. The average Bonchev–Trinajstić information content (AvgIpc) is 2.71. The van der Waals surface area contributed by atoms with Gasteiger partial charge in [-0.15, -0.1) is 0 Å². The second-order valence-corrected chi connectivity index (χ2v) is 4.88. The fourth-order valence-electron chi connectivity index (χ4n) is 4.06. The van der Waals surface area contributed by atoms with Gasteiger partial charge in [0.25, 0.3) is 0 Å². The van der Waals surface area contributed by atoms with Crippen LogP contribution in [0.25, 0.3) is 0 Å². The number of hydrogen-bond donors (Lipinski definition) is 0. The van der Waals surface area contributed by atoms with Crippen LogP contribution in [0.1, 0.15) is 25.7 Å². The molecule has 0 aromatic carbocycles. The highest BCUT2D eigenvalue weighted by atomic mass is 16.1. The van der Waals surface area contributed by atoms with Gasteiger partial charge in [-0.3, -0.25) is 0 Å². The monoisotopic (exact) mass is 176 g/mol. The van der Waals surface area contributed by atoms with Gasteiger partial charge in [0.1, 0.15) is 6.29 Å². The van der Waals surface area contributed by atoms with E-state index in [4.69, 9.17) is 0 Å². The topological polar surface area (TPSA) is 17.1 Å². The molecule has 13 heavy (non-hydrogen) atoms. The van der Waals surface area contributed by atoms with E-state index in [2.05, 4.69) is 12.2 Å². The summed E-state index contributed by atoms with van der Waals surface area (Å²) in [4.78, 5) is 11.1. The van der Waals surface area contributed by atoms with E-state index >= 15 is 0 Å². The van der Waals surface area contributed by atoms with Gasteiger partial charge in [-0.05, 0) is 42.9 Å². The minimum atomic E-state index is 0.396. The van der Waals surface area contributed by atoms with Crippen LogP contribution in [0.15, 0.2) is 12.2 Å². The number of allylic oxidation sites excluding steroid dienone is 2. The van der Waals surface area contributed by atoms with Gasteiger partial charge in [-0.25, -0.2) is 0 Å². The zero-order chi connectivity index (χ0) is 8.84. The molecule has 0 N–H and O–H groups in total. The molecule has 1 nitrogen and oxygen atoms in total. The zero-order valence-corrected chi connectivity index (χ0v) is 7.86. The second-order valence-electron chi connectivity index (χ2n) is 4.88. The molecule has 0 saturated heterocycles. The Balaban J connectivity index is 1.94. The number of carbonyl (C=O) groups excluding carboxylic acids is 1. The summed E-state index contributed by atoms with van der Waals surface area (Å²) in [6.45, 7) is 0. The standard InChI is InChI=1S/C12H16O/c13-7-12-10-5-1-3-8(10)9-4-2-6-11(9)12/h1,3,7-12H,2,4-6H2/t8-,9?,10-,11?,12?/m1/s1. The molecule has 3 aliphatic carbocycles. The third-order valence-corrected chi connectivity index (χ3v) is 4.53. The zero-order valence-electron chi connectivity index (χ0n) is 7.86. The predicted octanol–water partition coefficient (Wildman–Crippen LogP) is 2.42. The maximum Gasteiger partial charge on any atom is 0.123 e. The van der Waals surface area contributed by atoms with Crippen molar-refractivity contribution in [2.45, 2.75) is 25.7 Å². The van der Waals surface area contributed by atoms with Gasteiger partial charge in [-0.1, -0.05) is 18.6 Å². The largest absolute Gasteiger partial charge is 0.303 e. The lowest BCUT2D eigenvalue weighted by Crippen LogP contribution is -2.16. The van der Waals surface area contributed by atoms with Crippen LogP contribution in [0.5, 0.6) is 0 Å². The molecule has 0 aromatic heterocycles. The highest BCUT2D eigenvalue weighted by molar-refractivity contribution is 5.56. The highest BCUT2D eigenvalue weighted by Gasteiger charge is 2.51. The van der Waals surface area contributed by atoms with Crippen molar-refractivity contribution in [1.29, 1.82) is 0 Å². The summed E-state index contributed by atoms with van der Waals surface area (Å²) in [5.41, 5.74) is 0. The van der Waals surface area contributed by atoms with Crippen LogP contribution in [-0.4, -0.2) is 6.29 Å². The van der Waals surface area contributed by atoms with Crippen LogP contribution in [0.2, 0.25) is 0 Å². The summed E-state index contributed by atoms with van der Waals surface area (Å²) >= 11 is 0. The number of carbonyl (C=O) groups is 1. The van der Waals surface area contributed by atoms with Crippen molar-refractivity contribution < 1.29 is 4.79 Å². The number of fused-ring (bicyclic) bond motifs is 3. The molecule has 0 bridgehead atoms. The Kier molecular flexibility index (Phi) is 1.61. The lowest BCUT2D eigenvalue weighted by atomic mass is 9.87. The molecular weight excluding hydrogens is 160 g/mol. The van der Waals surface area contributed by atoms with Crippen LogP contribution in [0.3, 0.4) is 0 Å². The minimum Gasteiger partial charge on any atom is -0.303 e. The van der Waals surface area contributed by atoms with Crippen LogP contribution in [0.4, 0.5) is 0 Å². The first-order valence-electron chi connectivity index (χ1n) is 5.54. The first-order valence-corrected chi connectivity index (χ1v) is 5.54. The summed E-state index contributed by atoms with van der Waals surface area (Å²) in [6, 6.07) is 0. The van der Waals surface area contributed by atoms with Crippen LogP contribution in [-0.2, 0) is 4.79 Å². The molecule has 70 valence electrons. The fraction of sp³-hybridized carbons (Fsp3) is 0.750. The van der Waals surface area contributed by atoms with Crippen LogP contribution >= 0.6 is 0 Å². The molecule has 0 aromatic rings. The molecule has 0 radical (unpaired) electrons. The minimum absolute atomic E-state index is 0.396. The van der Waals surface area contributed by atoms with E-state index in [0.717, 1.165) is 17.8 Å². The van der Waals surface area contributed by atoms with Gasteiger partial charge < -0.3 is 4.79 Å². The molecule has 3 rings (SSSR count). The molecule has 2 saturated carbocycles. The first kappa shape index (κ1) is 7.78. The molecule has 3 aliphatic rings. The van der Waals surface area contributed by atoms with Gasteiger partial charge in [0.15, 0.2) is 0 Å². The van der Waals surface area contributed by atoms with Crippen molar-refractivity contribution in [2.75, 3.05) is 0 Å². The van der Waals surface area contributed by atoms with Crippen molar-refractivity contribution in [1.82, 2.24) is 0 Å². The Morgan fingerprint density at radius 1 is 1.15 bits per heavy atom. The normalized spacial score (nSPS) is 52.2. The Morgan fingerprint density at radius 3 is 2.85 bits per heavy atom. The molecule has 0 spiro atoms. The molecule has 0 heterocycles.